The second-order valence-electron chi connectivity index (χ2n) is 9.08. The third-order valence-corrected chi connectivity index (χ3v) is 6.84. The molecule has 31 heavy (non-hydrogen) atoms. The summed E-state index contributed by atoms with van der Waals surface area (Å²) in [7, 11) is 2.12. The Hall–Kier alpha value is -2.79. The molecule has 0 unspecified atom stereocenters. The fraction of sp³-hybridized carbons (Fsp3) is 0.423. The van der Waals surface area contributed by atoms with Gasteiger partial charge in [0.15, 0.2) is 0 Å². The van der Waals surface area contributed by atoms with E-state index in [4.69, 9.17) is 0 Å². The van der Waals surface area contributed by atoms with Gasteiger partial charge in [-0.25, -0.2) is 0 Å². The Balaban J connectivity index is 1.37. The van der Waals surface area contributed by atoms with Crippen LogP contribution in [-0.4, -0.2) is 53.9 Å². The highest BCUT2D eigenvalue weighted by Crippen LogP contribution is 2.28. The van der Waals surface area contributed by atoms with E-state index in [0.29, 0.717) is 12.2 Å². The van der Waals surface area contributed by atoms with E-state index in [1.54, 1.807) is 0 Å². The number of hydrogen-bond donors (Lipinski definition) is 0. The fourth-order valence-corrected chi connectivity index (χ4v) is 4.85. The molecule has 2 aliphatic heterocycles. The molecule has 1 aromatic carbocycles. The Morgan fingerprint density at radius 1 is 0.935 bits per heavy atom. The summed E-state index contributed by atoms with van der Waals surface area (Å²) < 4.78 is 0. The third-order valence-electron chi connectivity index (χ3n) is 6.84. The van der Waals surface area contributed by atoms with Crippen molar-refractivity contribution in [2.75, 3.05) is 38.1 Å². The van der Waals surface area contributed by atoms with Crippen molar-refractivity contribution in [3.05, 3.63) is 54.6 Å². The van der Waals surface area contributed by atoms with Gasteiger partial charge in [0, 0.05) is 54.5 Å². The van der Waals surface area contributed by atoms with E-state index >= 15 is 0 Å². The number of hydrogen-bond acceptors (Lipinski definition) is 5. The van der Waals surface area contributed by atoms with Crippen LogP contribution < -0.4 is 4.90 Å². The molecule has 0 amide bonds. The molecule has 3 aromatic rings. The number of carbonyl (C=O) groups excluding carboxylic acids is 1. The Morgan fingerprint density at radius 3 is 2.55 bits per heavy atom. The fourth-order valence-electron chi connectivity index (χ4n) is 4.85. The minimum atomic E-state index is 0.180. The van der Waals surface area contributed by atoms with Crippen LogP contribution in [0.2, 0.25) is 0 Å². The number of carbonyl (C=O) groups is 1. The lowest BCUT2D eigenvalue weighted by Gasteiger charge is -2.27. The molecule has 0 spiro atoms. The zero-order valence-electron chi connectivity index (χ0n) is 18.3. The number of nitrogens with zero attached hydrogens (tertiary/aromatic N) is 4. The first-order valence-electron chi connectivity index (χ1n) is 11.5. The molecule has 0 aliphatic carbocycles. The van der Waals surface area contributed by atoms with Crippen LogP contribution in [0, 0.1) is 5.92 Å². The molecule has 2 fully saturated rings. The molecule has 0 N–H and O–H groups in total. The van der Waals surface area contributed by atoms with Gasteiger partial charge < -0.3 is 9.80 Å². The molecule has 2 aromatic heterocycles. The molecule has 4 heterocycles. The van der Waals surface area contributed by atoms with Gasteiger partial charge in [-0.05, 0) is 75.0 Å². The smallest absolute Gasteiger partial charge is 0.142 e. The van der Waals surface area contributed by atoms with E-state index in [2.05, 4.69) is 57.1 Å². The number of pyridine rings is 2. The number of likely N-dealkylation sites (tertiary alicyclic amines) is 1. The van der Waals surface area contributed by atoms with E-state index in [-0.39, 0.29) is 5.92 Å². The highest BCUT2D eigenvalue weighted by Gasteiger charge is 2.23. The van der Waals surface area contributed by atoms with Crippen molar-refractivity contribution < 1.29 is 4.79 Å². The highest BCUT2D eigenvalue weighted by atomic mass is 16.1. The van der Waals surface area contributed by atoms with E-state index in [1.165, 1.54) is 18.5 Å². The molecule has 0 atom stereocenters. The van der Waals surface area contributed by atoms with Gasteiger partial charge in [0.25, 0.3) is 0 Å². The maximum Gasteiger partial charge on any atom is 0.142 e. The van der Waals surface area contributed by atoms with Gasteiger partial charge in [-0.15, -0.1) is 0 Å². The van der Waals surface area contributed by atoms with Crippen molar-refractivity contribution in [3.63, 3.8) is 0 Å². The zero-order chi connectivity index (χ0) is 21.2. The van der Waals surface area contributed by atoms with Gasteiger partial charge in [-0.1, -0.05) is 12.1 Å². The summed E-state index contributed by atoms with van der Waals surface area (Å²) in [5, 5.41) is 2.23. The van der Waals surface area contributed by atoms with Crippen LogP contribution in [0.15, 0.2) is 48.9 Å². The first-order chi connectivity index (χ1) is 15.2. The van der Waals surface area contributed by atoms with Crippen LogP contribution in [-0.2, 0) is 11.2 Å². The summed E-state index contributed by atoms with van der Waals surface area (Å²) in [6.45, 7) is 4.25. The average Bonchev–Trinajstić information content (AvgIpc) is 3.34. The number of aromatic nitrogens is 2. The van der Waals surface area contributed by atoms with E-state index in [9.17, 15) is 4.79 Å². The maximum atomic E-state index is 12.8. The largest absolute Gasteiger partial charge is 0.370 e. The van der Waals surface area contributed by atoms with Crippen molar-refractivity contribution in [1.29, 1.82) is 0 Å². The molecule has 0 radical (unpaired) electrons. The summed E-state index contributed by atoms with van der Waals surface area (Å²) >= 11 is 0. The summed E-state index contributed by atoms with van der Waals surface area (Å²) in [5.74, 6) is 0.512. The lowest BCUT2D eigenvalue weighted by Crippen LogP contribution is -2.34. The van der Waals surface area contributed by atoms with Gasteiger partial charge >= 0.3 is 0 Å². The molecule has 0 saturated carbocycles. The van der Waals surface area contributed by atoms with Crippen molar-refractivity contribution in [3.8, 4) is 11.1 Å². The molecule has 5 rings (SSSR count). The summed E-state index contributed by atoms with van der Waals surface area (Å²) in [4.78, 5) is 26.6. The lowest BCUT2D eigenvalue weighted by atomic mass is 9.90. The number of benzene rings is 1. The van der Waals surface area contributed by atoms with Crippen molar-refractivity contribution in [2.45, 2.75) is 32.1 Å². The number of rotatable bonds is 5. The van der Waals surface area contributed by atoms with E-state index in [0.717, 1.165) is 66.6 Å². The summed E-state index contributed by atoms with van der Waals surface area (Å²) in [6.07, 6.45) is 10.7. The van der Waals surface area contributed by atoms with E-state index in [1.807, 2.05) is 18.6 Å². The number of anilines is 1. The zero-order valence-corrected chi connectivity index (χ0v) is 18.3. The van der Waals surface area contributed by atoms with Crippen molar-refractivity contribution in [2.24, 2.45) is 5.92 Å². The Morgan fingerprint density at radius 2 is 1.74 bits per heavy atom. The molecule has 5 heteroatoms. The molecule has 2 saturated heterocycles. The Bertz CT molecular complexity index is 1080. The van der Waals surface area contributed by atoms with Crippen LogP contribution >= 0.6 is 0 Å². The average molecular weight is 415 g/mol. The molecular formula is C26H30N4O. The van der Waals surface area contributed by atoms with Crippen LogP contribution in [0.3, 0.4) is 0 Å². The van der Waals surface area contributed by atoms with Crippen LogP contribution in [0.1, 0.15) is 31.4 Å². The van der Waals surface area contributed by atoms with Gasteiger partial charge in [-0.3, -0.25) is 14.8 Å². The quantitative estimate of drug-likeness (QED) is 0.621. The highest BCUT2D eigenvalue weighted by molar-refractivity contribution is 5.89. The number of Topliss-reactive ketones (excluding diaryl/α,β-unsaturated/α-hetero) is 1. The van der Waals surface area contributed by atoms with Crippen LogP contribution in [0.5, 0.6) is 0 Å². The first-order valence-corrected chi connectivity index (χ1v) is 11.5. The number of ketones is 1. The minimum Gasteiger partial charge on any atom is -0.370 e. The molecule has 5 nitrogen and oxygen atoms in total. The minimum absolute atomic E-state index is 0.180. The summed E-state index contributed by atoms with van der Waals surface area (Å²) in [5.41, 5.74) is 4.36. The number of fused-ring (bicyclic) bond motifs is 1. The molecule has 160 valence electrons. The van der Waals surface area contributed by atoms with Crippen LogP contribution in [0.4, 0.5) is 5.69 Å². The maximum absolute atomic E-state index is 12.8. The Kier molecular flexibility index (Phi) is 5.68. The predicted molar refractivity (Wildman–Crippen MR) is 125 cm³/mol. The molecular weight excluding hydrogens is 384 g/mol. The monoisotopic (exact) mass is 414 g/mol. The topological polar surface area (TPSA) is 49.3 Å². The standard InChI is InChI=1S/C26H30N4O/c1-29-10-6-19(7-11-29)26(31)15-24-13-22-12-20(4-5-21(22)17-28-24)23-14-25(18-27-16-23)30-8-2-3-9-30/h4-5,12-14,16-19H,2-3,6-11,15H2,1H3. The van der Waals surface area contributed by atoms with Gasteiger partial charge in [0.2, 0.25) is 0 Å². The second-order valence-corrected chi connectivity index (χ2v) is 9.08. The lowest BCUT2D eigenvalue weighted by molar-refractivity contribution is -0.123. The van der Waals surface area contributed by atoms with Crippen LogP contribution in [0.25, 0.3) is 21.9 Å². The van der Waals surface area contributed by atoms with Crippen molar-refractivity contribution >= 4 is 22.2 Å². The van der Waals surface area contributed by atoms with Crippen molar-refractivity contribution in [1.82, 2.24) is 14.9 Å². The first kappa shape index (κ1) is 20.1. The molecule has 2 aliphatic rings. The SMILES string of the molecule is CN1CCC(C(=O)Cc2cc3cc(-c4cncc(N5CCCC5)c4)ccc3cn2)CC1. The second kappa shape index (κ2) is 8.75. The molecule has 0 bridgehead atoms. The van der Waals surface area contributed by atoms with Gasteiger partial charge in [0.05, 0.1) is 11.9 Å². The summed E-state index contributed by atoms with van der Waals surface area (Å²) in [6, 6.07) is 10.8. The van der Waals surface area contributed by atoms with E-state index < -0.39 is 0 Å². The normalized spacial score (nSPS) is 18.0. The number of piperidine rings is 1. The Labute approximate surface area is 184 Å². The van der Waals surface area contributed by atoms with Gasteiger partial charge in [0.1, 0.15) is 5.78 Å². The van der Waals surface area contributed by atoms with Gasteiger partial charge in [-0.2, -0.15) is 0 Å². The predicted octanol–water partition coefficient (Wildman–Crippen LogP) is 4.35. The third kappa shape index (κ3) is 4.47.